The van der Waals surface area contributed by atoms with E-state index in [1.165, 1.54) is 24.7 Å². The van der Waals surface area contributed by atoms with Gasteiger partial charge in [0.1, 0.15) is 18.1 Å². The number of nitriles is 1. The molecule has 168 valence electrons. The van der Waals surface area contributed by atoms with Gasteiger partial charge >= 0.3 is 0 Å². The van der Waals surface area contributed by atoms with Crippen molar-refractivity contribution in [1.29, 1.82) is 5.26 Å². The van der Waals surface area contributed by atoms with Crippen molar-refractivity contribution in [3.05, 3.63) is 35.7 Å². The third kappa shape index (κ3) is 4.76. The SMILES string of the molecule is CCCNc1cc(-n2ncc3cc(C#N)c(N)nc32)ncc1C(=O)NC[C@@H](F)C(C)(C)O. The molecule has 0 bridgehead atoms. The molecule has 0 saturated heterocycles. The quantitative estimate of drug-likeness (QED) is 0.414. The number of nitrogens with one attached hydrogen (secondary N) is 2. The first-order valence-corrected chi connectivity index (χ1v) is 10.1. The Kier molecular flexibility index (Phi) is 6.55. The molecule has 0 saturated carbocycles. The zero-order valence-corrected chi connectivity index (χ0v) is 18.1. The molecule has 0 fully saturated rings. The third-order valence-electron chi connectivity index (χ3n) is 4.82. The van der Waals surface area contributed by atoms with Crippen LogP contribution < -0.4 is 16.4 Å². The number of halogens is 1. The van der Waals surface area contributed by atoms with Crippen LogP contribution >= 0.6 is 0 Å². The number of hydrogen-bond acceptors (Lipinski definition) is 8. The van der Waals surface area contributed by atoms with E-state index in [2.05, 4.69) is 25.7 Å². The fourth-order valence-electron chi connectivity index (χ4n) is 2.90. The van der Waals surface area contributed by atoms with Gasteiger partial charge in [0.15, 0.2) is 11.5 Å². The van der Waals surface area contributed by atoms with E-state index in [1.807, 2.05) is 13.0 Å². The van der Waals surface area contributed by atoms with Crippen molar-refractivity contribution in [2.75, 3.05) is 24.1 Å². The maximum absolute atomic E-state index is 14.0. The van der Waals surface area contributed by atoms with Gasteiger partial charge in [0.25, 0.3) is 5.91 Å². The highest BCUT2D eigenvalue weighted by molar-refractivity contribution is 5.99. The lowest BCUT2D eigenvalue weighted by atomic mass is 10.0. The van der Waals surface area contributed by atoms with Gasteiger partial charge in [-0.3, -0.25) is 4.79 Å². The minimum Gasteiger partial charge on any atom is -0.387 e. The smallest absolute Gasteiger partial charge is 0.255 e. The molecular formula is C21H25FN8O2. The number of pyridine rings is 2. The van der Waals surface area contributed by atoms with Crippen molar-refractivity contribution in [1.82, 2.24) is 25.1 Å². The fourth-order valence-corrected chi connectivity index (χ4v) is 2.90. The minimum absolute atomic E-state index is 0.0784. The molecule has 32 heavy (non-hydrogen) atoms. The molecule has 0 radical (unpaired) electrons. The maximum Gasteiger partial charge on any atom is 0.255 e. The lowest BCUT2D eigenvalue weighted by Crippen LogP contribution is -2.42. The molecule has 3 aromatic heterocycles. The first kappa shape index (κ1) is 22.9. The number of nitrogens with zero attached hydrogens (tertiary/aromatic N) is 5. The van der Waals surface area contributed by atoms with E-state index in [-0.39, 0.29) is 23.5 Å². The monoisotopic (exact) mass is 440 g/mol. The number of anilines is 2. The number of nitrogen functional groups attached to an aromatic ring is 1. The Hall–Kier alpha value is -3.78. The highest BCUT2D eigenvalue weighted by Crippen LogP contribution is 2.23. The van der Waals surface area contributed by atoms with Gasteiger partial charge in [0.05, 0.1) is 35.2 Å². The lowest BCUT2D eigenvalue weighted by Gasteiger charge is -2.22. The van der Waals surface area contributed by atoms with Gasteiger partial charge in [-0.25, -0.2) is 14.4 Å². The number of carbonyl (C=O) groups excluding carboxylic acids is 1. The van der Waals surface area contributed by atoms with E-state index in [1.54, 1.807) is 18.3 Å². The molecule has 0 aliphatic carbocycles. The van der Waals surface area contributed by atoms with Gasteiger partial charge in [0.2, 0.25) is 0 Å². The van der Waals surface area contributed by atoms with Gasteiger partial charge in [-0.15, -0.1) is 0 Å². The minimum atomic E-state index is -1.63. The summed E-state index contributed by atoms with van der Waals surface area (Å²) in [7, 11) is 0. The Bertz CT molecular complexity index is 1180. The number of carbonyl (C=O) groups is 1. The van der Waals surface area contributed by atoms with Crippen molar-refractivity contribution < 1.29 is 14.3 Å². The summed E-state index contributed by atoms with van der Waals surface area (Å²) in [6.45, 7) is 4.90. The number of hydrogen-bond donors (Lipinski definition) is 4. The molecular weight excluding hydrogens is 415 g/mol. The molecule has 3 heterocycles. The largest absolute Gasteiger partial charge is 0.387 e. The lowest BCUT2D eigenvalue weighted by molar-refractivity contribution is -0.00177. The van der Waals surface area contributed by atoms with E-state index in [9.17, 15) is 14.3 Å². The van der Waals surface area contributed by atoms with Crippen LogP contribution in [0.2, 0.25) is 0 Å². The average molecular weight is 440 g/mol. The summed E-state index contributed by atoms with van der Waals surface area (Å²) in [5.41, 5.74) is 5.64. The van der Waals surface area contributed by atoms with Crippen LogP contribution in [0.25, 0.3) is 16.9 Å². The van der Waals surface area contributed by atoms with Gasteiger partial charge in [-0.05, 0) is 26.3 Å². The molecule has 0 aliphatic rings. The third-order valence-corrected chi connectivity index (χ3v) is 4.82. The zero-order chi connectivity index (χ0) is 23.5. The highest BCUT2D eigenvalue weighted by Gasteiger charge is 2.27. The first-order chi connectivity index (χ1) is 15.2. The van der Waals surface area contributed by atoms with Gasteiger partial charge in [-0.2, -0.15) is 15.0 Å². The van der Waals surface area contributed by atoms with E-state index < -0.39 is 17.7 Å². The second kappa shape index (κ2) is 9.15. The Morgan fingerprint density at radius 2 is 2.16 bits per heavy atom. The molecule has 0 unspecified atom stereocenters. The van der Waals surface area contributed by atoms with Gasteiger partial charge < -0.3 is 21.5 Å². The number of amides is 1. The molecule has 3 rings (SSSR count). The molecule has 0 aromatic carbocycles. The number of aromatic nitrogens is 4. The molecule has 1 atom stereocenters. The van der Waals surface area contributed by atoms with Crippen molar-refractivity contribution in [3.63, 3.8) is 0 Å². The van der Waals surface area contributed by atoms with Crippen LogP contribution in [0.1, 0.15) is 43.1 Å². The summed E-state index contributed by atoms with van der Waals surface area (Å²) in [5.74, 6) is -0.0674. The molecule has 10 nitrogen and oxygen atoms in total. The second-order valence-corrected chi connectivity index (χ2v) is 7.85. The molecule has 1 amide bonds. The topological polar surface area (TPSA) is 155 Å². The Labute approximate surface area is 184 Å². The van der Waals surface area contributed by atoms with Crippen molar-refractivity contribution in [2.45, 2.75) is 39.0 Å². The fraction of sp³-hybridized carbons (Fsp3) is 0.381. The summed E-state index contributed by atoms with van der Waals surface area (Å²) < 4.78 is 15.5. The Morgan fingerprint density at radius 1 is 1.41 bits per heavy atom. The second-order valence-electron chi connectivity index (χ2n) is 7.85. The first-order valence-electron chi connectivity index (χ1n) is 10.1. The van der Waals surface area contributed by atoms with Gasteiger partial charge in [0, 0.05) is 24.2 Å². The normalized spacial score (nSPS) is 12.4. The summed E-state index contributed by atoms with van der Waals surface area (Å²) in [6, 6.07) is 5.21. The summed E-state index contributed by atoms with van der Waals surface area (Å²) in [4.78, 5) is 21.2. The number of fused-ring (bicyclic) bond motifs is 1. The number of nitrogens with two attached hydrogens (primary N) is 1. The molecule has 11 heteroatoms. The maximum atomic E-state index is 14.0. The van der Waals surface area contributed by atoms with Gasteiger partial charge in [-0.1, -0.05) is 6.92 Å². The number of aliphatic hydroxyl groups is 1. The van der Waals surface area contributed by atoms with Crippen molar-refractivity contribution in [3.8, 4) is 11.9 Å². The van der Waals surface area contributed by atoms with Crippen LogP contribution in [0.5, 0.6) is 0 Å². The predicted octanol–water partition coefficient (Wildman–Crippen LogP) is 1.93. The van der Waals surface area contributed by atoms with Crippen LogP contribution in [0.15, 0.2) is 24.5 Å². The number of alkyl halides is 1. The Balaban J connectivity index is 1.95. The van der Waals surface area contributed by atoms with E-state index in [4.69, 9.17) is 11.0 Å². The van der Waals surface area contributed by atoms with E-state index in [0.717, 1.165) is 6.42 Å². The van der Waals surface area contributed by atoms with Crippen LogP contribution in [0.3, 0.4) is 0 Å². The highest BCUT2D eigenvalue weighted by atomic mass is 19.1. The Morgan fingerprint density at radius 3 is 2.81 bits per heavy atom. The number of rotatable bonds is 8. The average Bonchev–Trinajstić information content (AvgIpc) is 3.16. The van der Waals surface area contributed by atoms with Crippen LogP contribution in [0, 0.1) is 11.3 Å². The summed E-state index contributed by atoms with van der Waals surface area (Å²) in [6.07, 6.45) is 2.09. The summed E-state index contributed by atoms with van der Waals surface area (Å²) in [5, 5.41) is 29.4. The predicted molar refractivity (Wildman–Crippen MR) is 118 cm³/mol. The standard InChI is InChI=1S/C21H25FN8O2/c1-4-5-25-15-7-17(26-10-14(15)20(31)27-11-16(22)21(2,3)32)30-19-13(9-28-30)6-12(8-23)18(24)29-19/h6-7,9-10,16,32H,4-5,11H2,1-3H3,(H2,24,29)(H,25,26)(H,27,31)/t16-/m1/s1. The van der Waals surface area contributed by atoms with Crippen molar-refractivity contribution >= 4 is 28.4 Å². The molecule has 5 N–H and O–H groups in total. The van der Waals surface area contributed by atoms with Crippen LogP contribution in [-0.2, 0) is 0 Å². The molecule has 3 aromatic rings. The molecule has 0 aliphatic heterocycles. The van der Waals surface area contributed by atoms with Crippen LogP contribution in [0.4, 0.5) is 15.9 Å². The van der Waals surface area contributed by atoms with Crippen molar-refractivity contribution in [2.24, 2.45) is 0 Å². The summed E-state index contributed by atoms with van der Waals surface area (Å²) >= 11 is 0. The van der Waals surface area contributed by atoms with Crippen LogP contribution in [-0.4, -0.2) is 55.6 Å². The van der Waals surface area contributed by atoms with E-state index >= 15 is 0 Å². The molecule has 0 spiro atoms. The zero-order valence-electron chi connectivity index (χ0n) is 18.1. The van der Waals surface area contributed by atoms with E-state index in [0.29, 0.717) is 29.1 Å².